The molecule has 0 spiro atoms. The molecule has 6 aromatic carbocycles. The van der Waals surface area contributed by atoms with Crippen molar-refractivity contribution in [1.82, 2.24) is 0 Å². The number of anilines is 6. The van der Waals surface area contributed by atoms with Crippen molar-refractivity contribution >= 4 is 57.2 Å². The Hall–Kier alpha value is -5.23. The predicted molar refractivity (Wildman–Crippen MR) is 246 cm³/mol. The zero-order valence-electron chi connectivity index (χ0n) is 36.7. The Labute approximate surface area is 350 Å². The minimum Gasteiger partial charge on any atom is -0.311 e. The zero-order chi connectivity index (χ0) is 42.6. The summed E-state index contributed by atoms with van der Waals surface area (Å²) in [4.78, 5) is 4.19. The minimum absolute atomic E-state index is 0.0250. The fraction of sp³-hybridized carbons (Fsp3) is 0.321. The molecule has 0 amide bonds. The summed E-state index contributed by atoms with van der Waals surface area (Å²) in [7, 11) is 0. The van der Waals surface area contributed by atoms with Gasteiger partial charge in [-0.1, -0.05) is 162 Å². The number of rotatable bonds is 3. The summed E-state index contributed by atoms with van der Waals surface area (Å²) in [5.74, 6) is 0. The number of alkyl halides is 3. The van der Waals surface area contributed by atoms with E-state index in [2.05, 4.69) is 190 Å². The summed E-state index contributed by atoms with van der Waals surface area (Å²) >= 11 is 0. The summed E-state index contributed by atoms with van der Waals surface area (Å²) in [5.41, 5.74) is 13.1. The van der Waals surface area contributed by atoms with E-state index in [0.717, 1.165) is 55.8 Å². The molecule has 0 atom stereocenters. The van der Waals surface area contributed by atoms with Crippen molar-refractivity contribution in [3.05, 3.63) is 149 Å². The van der Waals surface area contributed by atoms with Gasteiger partial charge in [-0.15, -0.1) is 0 Å². The van der Waals surface area contributed by atoms with E-state index in [0.29, 0.717) is 11.4 Å². The van der Waals surface area contributed by atoms with E-state index in [9.17, 15) is 0 Å². The van der Waals surface area contributed by atoms with Crippen LogP contribution in [0.4, 0.5) is 47.3 Å². The average molecular weight is 789 g/mol. The molecule has 0 saturated heterocycles. The molecule has 0 N–H and O–H groups in total. The molecule has 0 saturated carbocycles. The van der Waals surface area contributed by atoms with Crippen molar-refractivity contribution in [2.75, 3.05) is 9.80 Å². The molecule has 0 radical (unpaired) electrons. The van der Waals surface area contributed by atoms with Gasteiger partial charge in [0, 0.05) is 34.0 Å². The van der Waals surface area contributed by atoms with Gasteiger partial charge in [0.05, 0.1) is 11.3 Å². The smallest absolute Gasteiger partial charge is 0.311 e. The first kappa shape index (κ1) is 40.5. The molecule has 0 unspecified atom stereocenters. The maximum atomic E-state index is 15.4. The highest BCUT2D eigenvalue weighted by molar-refractivity contribution is 7.00. The summed E-state index contributed by atoms with van der Waals surface area (Å²) in [6, 6.07) is 41.1. The first-order valence-corrected chi connectivity index (χ1v) is 20.9. The lowest BCUT2D eigenvalue weighted by Crippen LogP contribution is -2.61. The molecular formula is C53H56BF3N2. The Morgan fingerprint density at radius 2 is 0.814 bits per heavy atom. The molecule has 8 rings (SSSR count). The maximum absolute atomic E-state index is 15.4. The van der Waals surface area contributed by atoms with Crippen LogP contribution in [0, 0.1) is 0 Å². The standard InChI is InChI=1S/C53H56BF3N2/c1-49(2,3)34-19-17-33(18-20-34)40-15-13-14-16-43(40)59-45-28-24-37(52(10,11)12)30-42(45)54-41-29-36(51(7,8)9)23-27-44(41)58(39-25-21-35(22-26-39)50(4,5)6)46-31-38(53(55,56)57)32-47(59)48(46)54/h13-32H,1-12H3. The number of hydrogen-bond acceptors (Lipinski definition) is 2. The molecule has 0 fully saturated rings. The van der Waals surface area contributed by atoms with Crippen molar-refractivity contribution in [2.45, 2.75) is 111 Å². The summed E-state index contributed by atoms with van der Waals surface area (Å²) in [6.07, 6.45) is -4.59. The first-order chi connectivity index (χ1) is 27.4. The van der Waals surface area contributed by atoms with Crippen LogP contribution in [0.15, 0.2) is 121 Å². The van der Waals surface area contributed by atoms with Crippen molar-refractivity contribution in [1.29, 1.82) is 0 Å². The molecule has 0 bridgehead atoms. The number of fused-ring (bicyclic) bond motifs is 4. The number of halogens is 3. The van der Waals surface area contributed by atoms with Gasteiger partial charge in [0.2, 0.25) is 0 Å². The number of benzene rings is 6. The van der Waals surface area contributed by atoms with Crippen LogP contribution < -0.4 is 26.2 Å². The van der Waals surface area contributed by atoms with Crippen molar-refractivity contribution in [3.8, 4) is 11.1 Å². The zero-order valence-corrected chi connectivity index (χ0v) is 36.7. The van der Waals surface area contributed by atoms with Crippen molar-refractivity contribution < 1.29 is 13.2 Å². The fourth-order valence-corrected chi connectivity index (χ4v) is 8.81. The summed E-state index contributed by atoms with van der Waals surface area (Å²) < 4.78 is 46.3. The third-order valence-electron chi connectivity index (χ3n) is 12.3. The second-order valence-corrected chi connectivity index (χ2v) is 20.7. The largest absolute Gasteiger partial charge is 0.416 e. The lowest BCUT2D eigenvalue weighted by molar-refractivity contribution is -0.137. The highest BCUT2D eigenvalue weighted by Gasteiger charge is 2.46. The van der Waals surface area contributed by atoms with Crippen molar-refractivity contribution in [2.24, 2.45) is 0 Å². The predicted octanol–water partition coefficient (Wildman–Crippen LogP) is 13.6. The van der Waals surface area contributed by atoms with Crippen LogP contribution >= 0.6 is 0 Å². The molecule has 2 nitrogen and oxygen atoms in total. The topological polar surface area (TPSA) is 6.48 Å². The first-order valence-electron chi connectivity index (χ1n) is 20.9. The Morgan fingerprint density at radius 3 is 1.29 bits per heavy atom. The summed E-state index contributed by atoms with van der Waals surface area (Å²) in [6.45, 7) is 26.1. The van der Waals surface area contributed by atoms with E-state index in [-0.39, 0.29) is 28.4 Å². The number of hydrogen-bond donors (Lipinski definition) is 0. The molecule has 59 heavy (non-hydrogen) atoms. The van der Waals surface area contributed by atoms with E-state index in [1.165, 1.54) is 28.8 Å². The van der Waals surface area contributed by atoms with E-state index in [1.807, 2.05) is 12.1 Å². The molecule has 2 aliphatic rings. The Bertz CT molecular complexity index is 2570. The van der Waals surface area contributed by atoms with Gasteiger partial charge < -0.3 is 9.80 Å². The monoisotopic (exact) mass is 788 g/mol. The molecular weight excluding hydrogens is 732 g/mol. The Morgan fingerprint density at radius 1 is 0.390 bits per heavy atom. The molecule has 2 aliphatic heterocycles. The molecule has 6 heteroatoms. The number of nitrogens with zero attached hydrogens (tertiary/aromatic N) is 2. The van der Waals surface area contributed by atoms with Crippen LogP contribution in [0.2, 0.25) is 0 Å². The average Bonchev–Trinajstić information content (AvgIpc) is 3.15. The van der Waals surface area contributed by atoms with Gasteiger partial charge in [-0.3, -0.25) is 0 Å². The van der Waals surface area contributed by atoms with Gasteiger partial charge in [0.1, 0.15) is 0 Å². The van der Waals surface area contributed by atoms with Gasteiger partial charge in [0.15, 0.2) is 0 Å². The SMILES string of the molecule is CC(C)(C)c1ccc(-c2ccccc2N2c3ccc(C(C)(C)C)cc3B3c4cc(C(C)(C)C)ccc4N(c4ccc(C(C)(C)C)cc4)c4cc(C(F)(F)F)cc2c43)cc1. The van der Waals surface area contributed by atoms with Crippen molar-refractivity contribution in [3.63, 3.8) is 0 Å². The van der Waals surface area contributed by atoms with Crippen LogP contribution in [0.5, 0.6) is 0 Å². The van der Waals surface area contributed by atoms with E-state index in [4.69, 9.17) is 0 Å². The fourth-order valence-electron chi connectivity index (χ4n) is 8.81. The second kappa shape index (κ2) is 13.7. The summed E-state index contributed by atoms with van der Waals surface area (Å²) in [5, 5.41) is 0. The Kier molecular flexibility index (Phi) is 9.39. The van der Waals surface area contributed by atoms with Gasteiger partial charge in [0.25, 0.3) is 6.71 Å². The minimum atomic E-state index is -4.59. The van der Waals surface area contributed by atoms with Crippen LogP contribution in [-0.2, 0) is 27.8 Å². The van der Waals surface area contributed by atoms with Gasteiger partial charge in [-0.25, -0.2) is 0 Å². The quantitative estimate of drug-likeness (QED) is 0.165. The van der Waals surface area contributed by atoms with Gasteiger partial charge in [-0.05, 0) is 108 Å². The van der Waals surface area contributed by atoms with E-state index < -0.39 is 11.7 Å². The third-order valence-corrected chi connectivity index (χ3v) is 12.3. The molecule has 6 aromatic rings. The molecule has 2 heterocycles. The van der Waals surface area contributed by atoms with Crippen LogP contribution in [0.3, 0.4) is 0 Å². The van der Waals surface area contributed by atoms with E-state index >= 15 is 13.2 Å². The lowest BCUT2D eigenvalue weighted by Gasteiger charge is -2.45. The molecule has 0 aliphatic carbocycles. The second-order valence-electron chi connectivity index (χ2n) is 20.7. The third kappa shape index (κ3) is 7.17. The highest BCUT2D eigenvalue weighted by atomic mass is 19.4. The van der Waals surface area contributed by atoms with Crippen LogP contribution in [0.1, 0.15) is 111 Å². The number of para-hydroxylation sites is 1. The van der Waals surface area contributed by atoms with E-state index in [1.54, 1.807) is 0 Å². The molecule has 302 valence electrons. The Balaban J connectivity index is 1.49. The normalized spacial score (nSPS) is 14.3. The maximum Gasteiger partial charge on any atom is 0.416 e. The van der Waals surface area contributed by atoms with Crippen LogP contribution in [-0.4, -0.2) is 6.71 Å². The lowest BCUT2D eigenvalue weighted by atomic mass is 9.33. The van der Waals surface area contributed by atoms with Gasteiger partial charge >= 0.3 is 6.18 Å². The van der Waals surface area contributed by atoms with Gasteiger partial charge in [-0.2, -0.15) is 13.2 Å². The highest BCUT2D eigenvalue weighted by Crippen LogP contribution is 2.49. The van der Waals surface area contributed by atoms with Crippen LogP contribution in [0.25, 0.3) is 11.1 Å². The molecule has 0 aromatic heterocycles.